The monoisotopic (exact) mass is 576 g/mol. The van der Waals surface area contributed by atoms with Crippen LogP contribution < -0.4 is 10.5 Å². The summed E-state index contributed by atoms with van der Waals surface area (Å²) in [6.45, 7) is 3.12. The van der Waals surface area contributed by atoms with Gasteiger partial charge in [-0.3, -0.25) is 33.7 Å². The first-order chi connectivity index (χ1) is 19.6. The molecule has 0 aromatic heterocycles. The largest absolute Gasteiger partial charge is 0.507 e. The minimum absolute atomic E-state index is 0.0378. The highest BCUT2D eigenvalue weighted by Crippen LogP contribution is 2.62. The lowest BCUT2D eigenvalue weighted by Gasteiger charge is -2.61. The van der Waals surface area contributed by atoms with Crippen LogP contribution in [0.5, 0.6) is 11.5 Å². The number of aliphatic hydroxyl groups is 1. The zero-order valence-electron chi connectivity index (χ0n) is 23.9. The van der Waals surface area contributed by atoms with Crippen LogP contribution in [0.25, 0.3) is 11.1 Å². The Balaban J connectivity index is 1.77. The molecule has 42 heavy (non-hydrogen) atoms. The fraction of sp³-hybridized carbons (Fsp3) is 0.419. The van der Waals surface area contributed by atoms with Crippen LogP contribution >= 0.6 is 0 Å². The predicted molar refractivity (Wildman–Crippen MR) is 148 cm³/mol. The lowest BCUT2D eigenvalue weighted by Crippen LogP contribution is -2.79. The van der Waals surface area contributed by atoms with Gasteiger partial charge in [-0.1, -0.05) is 19.9 Å². The number of ketones is 4. The summed E-state index contributed by atoms with van der Waals surface area (Å²) in [4.78, 5) is 81.0. The number of fused-ring (bicyclic) bond motifs is 3. The maximum absolute atomic E-state index is 14.3. The van der Waals surface area contributed by atoms with Gasteiger partial charge in [-0.05, 0) is 67.7 Å². The van der Waals surface area contributed by atoms with Crippen molar-refractivity contribution in [2.24, 2.45) is 28.4 Å². The molecule has 4 N–H and O–H groups in total. The van der Waals surface area contributed by atoms with Crippen molar-refractivity contribution in [1.82, 2.24) is 4.90 Å². The van der Waals surface area contributed by atoms with Crippen LogP contribution in [0.4, 0.5) is 0 Å². The third-order valence-corrected chi connectivity index (χ3v) is 9.52. The standard InChI is InChI=1S/C31H32N2O9/c1-29-11-17-15(16-10-14(12-34)6-9-19(16)42-5)7-8-18(35)20(17)23(36)22(29)27(39)31(41)26(38)21(28(32)40)24(37)25(33(3)4)30(31,2)13-29/h6-10,12,21-22,25,35,41H,11,13H2,1-5H3,(H2,32,40)/t21?,22?,25-,29+,30+,31-/m1/s1. The van der Waals surface area contributed by atoms with Crippen molar-refractivity contribution in [1.29, 1.82) is 0 Å². The number of rotatable bonds is 5. The number of carbonyl (C=O) groups is 6. The van der Waals surface area contributed by atoms with Crippen LogP contribution in [0.3, 0.4) is 0 Å². The van der Waals surface area contributed by atoms with Gasteiger partial charge in [0.1, 0.15) is 17.8 Å². The minimum atomic E-state index is -2.87. The van der Waals surface area contributed by atoms with Crippen molar-refractivity contribution < 1.29 is 43.7 Å². The van der Waals surface area contributed by atoms with E-state index in [4.69, 9.17) is 10.5 Å². The first kappa shape index (κ1) is 29.3. The summed E-state index contributed by atoms with van der Waals surface area (Å²) in [6, 6.07) is 6.40. The van der Waals surface area contributed by atoms with Gasteiger partial charge in [-0.15, -0.1) is 0 Å². The molecule has 2 saturated carbocycles. The summed E-state index contributed by atoms with van der Waals surface area (Å²) in [5.74, 6) is -9.00. The van der Waals surface area contributed by atoms with Crippen LogP contribution in [0.2, 0.25) is 0 Å². The van der Waals surface area contributed by atoms with E-state index in [0.29, 0.717) is 34.3 Å². The Bertz CT molecular complexity index is 1610. The number of ether oxygens (including phenoxy) is 1. The molecule has 5 rings (SSSR count). The average Bonchev–Trinajstić information content (AvgIpc) is 2.90. The zero-order chi connectivity index (χ0) is 31.1. The first-order valence-corrected chi connectivity index (χ1v) is 13.4. The first-order valence-electron chi connectivity index (χ1n) is 13.4. The molecule has 3 aliphatic rings. The SMILES string of the molecule is COc1ccc(C=O)cc1-c1ccc(O)c2c1C[C@@]1(C)C[C@@]3(C)[C@H](N(C)C)C(=O)C(C(N)=O)C(=O)[C@@]3(O)C(=O)C1C2=O. The molecule has 220 valence electrons. The maximum Gasteiger partial charge on any atom is 0.235 e. The van der Waals surface area contributed by atoms with E-state index in [1.54, 1.807) is 31.2 Å². The fourth-order valence-electron chi connectivity index (χ4n) is 7.98. The lowest BCUT2D eigenvalue weighted by atomic mass is 9.42. The topological polar surface area (TPSA) is 181 Å². The van der Waals surface area contributed by atoms with Crippen molar-refractivity contribution in [3.05, 3.63) is 47.0 Å². The summed E-state index contributed by atoms with van der Waals surface area (Å²) < 4.78 is 5.52. The Morgan fingerprint density at radius 1 is 1.07 bits per heavy atom. The number of carbonyl (C=O) groups excluding carboxylic acids is 6. The summed E-state index contributed by atoms with van der Waals surface area (Å²) in [7, 11) is 4.52. The van der Waals surface area contributed by atoms with E-state index < -0.39 is 69.1 Å². The van der Waals surface area contributed by atoms with Crippen molar-refractivity contribution >= 4 is 35.3 Å². The van der Waals surface area contributed by atoms with Gasteiger partial charge in [-0.25, -0.2) is 0 Å². The molecule has 6 atom stereocenters. The number of benzene rings is 2. The fourth-order valence-corrected chi connectivity index (χ4v) is 7.98. The number of phenolic OH excluding ortho intramolecular Hbond substituents is 1. The number of hydrogen-bond donors (Lipinski definition) is 3. The molecule has 0 saturated heterocycles. The summed E-state index contributed by atoms with van der Waals surface area (Å²) >= 11 is 0. The summed E-state index contributed by atoms with van der Waals surface area (Å²) in [5, 5.41) is 22.9. The number of nitrogens with two attached hydrogens (primary N) is 1. The molecule has 0 radical (unpaired) electrons. The third kappa shape index (κ3) is 3.59. The second kappa shape index (κ2) is 9.40. The molecule has 11 heteroatoms. The summed E-state index contributed by atoms with van der Waals surface area (Å²) in [5.41, 5.74) is 1.14. The van der Waals surface area contributed by atoms with Gasteiger partial charge in [0.2, 0.25) is 5.91 Å². The highest BCUT2D eigenvalue weighted by atomic mass is 16.5. The number of Topliss-reactive ketones (excluding diaryl/α,β-unsaturated/α-hetero) is 4. The number of hydrogen-bond acceptors (Lipinski definition) is 10. The van der Waals surface area contributed by atoms with Crippen molar-refractivity contribution in [2.75, 3.05) is 21.2 Å². The van der Waals surface area contributed by atoms with E-state index in [2.05, 4.69) is 0 Å². The number of aldehydes is 1. The minimum Gasteiger partial charge on any atom is -0.507 e. The molecule has 0 aliphatic heterocycles. The molecular formula is C31H32N2O9. The van der Waals surface area contributed by atoms with Crippen molar-refractivity contribution in [3.63, 3.8) is 0 Å². The number of primary amides is 1. The van der Waals surface area contributed by atoms with Crippen LogP contribution in [-0.2, 0) is 25.6 Å². The smallest absolute Gasteiger partial charge is 0.235 e. The Morgan fingerprint density at radius 3 is 2.31 bits per heavy atom. The Kier molecular flexibility index (Phi) is 6.55. The molecule has 2 aromatic carbocycles. The summed E-state index contributed by atoms with van der Waals surface area (Å²) in [6.07, 6.45) is 0.568. The van der Waals surface area contributed by atoms with Gasteiger partial charge in [-0.2, -0.15) is 0 Å². The molecule has 3 aliphatic carbocycles. The van der Waals surface area contributed by atoms with Gasteiger partial charge in [0.15, 0.2) is 34.7 Å². The van der Waals surface area contributed by atoms with Gasteiger partial charge in [0.25, 0.3) is 0 Å². The van der Waals surface area contributed by atoms with E-state index in [1.807, 2.05) is 0 Å². The van der Waals surface area contributed by atoms with E-state index in [9.17, 15) is 39.0 Å². The number of likely N-dealkylation sites (N-methyl/N-ethyl adjacent to an activating group) is 1. The molecule has 0 bridgehead atoms. The van der Waals surface area contributed by atoms with Crippen molar-refractivity contribution in [2.45, 2.75) is 38.3 Å². The highest BCUT2D eigenvalue weighted by Gasteiger charge is 2.76. The van der Waals surface area contributed by atoms with Gasteiger partial charge in [0.05, 0.1) is 24.6 Å². The van der Waals surface area contributed by atoms with Gasteiger partial charge < -0.3 is 20.7 Å². The predicted octanol–water partition coefficient (Wildman–Crippen LogP) is 1.14. The number of amides is 1. The number of phenols is 1. The average molecular weight is 577 g/mol. The molecular weight excluding hydrogens is 544 g/mol. The molecule has 2 fully saturated rings. The van der Waals surface area contributed by atoms with Crippen LogP contribution in [0.15, 0.2) is 30.3 Å². The lowest BCUT2D eigenvalue weighted by molar-refractivity contribution is -0.203. The number of methoxy groups -OCH3 is 1. The van der Waals surface area contributed by atoms with E-state index in [-0.39, 0.29) is 18.4 Å². The number of aromatic hydroxyl groups is 1. The molecule has 2 unspecified atom stereocenters. The quantitative estimate of drug-likeness (QED) is 0.345. The van der Waals surface area contributed by atoms with Crippen LogP contribution in [0, 0.1) is 22.7 Å². The molecule has 0 spiro atoms. The maximum atomic E-state index is 14.3. The Morgan fingerprint density at radius 2 is 1.74 bits per heavy atom. The van der Waals surface area contributed by atoms with Gasteiger partial charge in [0, 0.05) is 16.5 Å². The molecule has 2 aromatic rings. The number of nitrogens with zero attached hydrogens (tertiary/aromatic N) is 1. The van der Waals surface area contributed by atoms with E-state index in [1.165, 1.54) is 39.1 Å². The second-order valence-corrected chi connectivity index (χ2v) is 12.3. The zero-order valence-corrected chi connectivity index (χ0v) is 23.9. The molecule has 0 heterocycles. The second-order valence-electron chi connectivity index (χ2n) is 12.3. The van der Waals surface area contributed by atoms with E-state index >= 15 is 0 Å². The van der Waals surface area contributed by atoms with Crippen molar-refractivity contribution in [3.8, 4) is 22.6 Å². The highest BCUT2D eigenvalue weighted by molar-refractivity contribution is 6.33. The van der Waals surface area contributed by atoms with Crippen LogP contribution in [-0.4, -0.2) is 83.3 Å². The third-order valence-electron chi connectivity index (χ3n) is 9.52. The normalized spacial score (nSPS) is 32.2. The van der Waals surface area contributed by atoms with Gasteiger partial charge >= 0.3 is 0 Å². The molecule has 11 nitrogen and oxygen atoms in total. The Labute approximate surface area is 241 Å². The van der Waals surface area contributed by atoms with Crippen LogP contribution in [0.1, 0.15) is 46.5 Å². The van der Waals surface area contributed by atoms with E-state index in [0.717, 1.165) is 0 Å². The Hall–Kier alpha value is -4.22. The molecule has 1 amide bonds.